The van der Waals surface area contributed by atoms with E-state index in [4.69, 9.17) is 10.6 Å². The normalized spacial score (nSPS) is 13.1. The van der Waals surface area contributed by atoms with Crippen LogP contribution >= 0.6 is 0 Å². The number of alkyl carbamates (subject to hydrolysis) is 1. The first kappa shape index (κ1) is 19.7. The molecule has 0 saturated heterocycles. The Bertz CT molecular complexity index is 1010. The van der Waals surface area contributed by atoms with E-state index < -0.39 is 18.0 Å². The number of hydrazine groups is 1. The fraction of sp³-hybridized carbons (Fsp3) is 0.167. The highest BCUT2D eigenvalue weighted by molar-refractivity contribution is 5.85. The molecule has 6 heteroatoms. The summed E-state index contributed by atoms with van der Waals surface area (Å²) < 4.78 is 5.53. The van der Waals surface area contributed by atoms with Crippen LogP contribution < -0.4 is 16.6 Å². The van der Waals surface area contributed by atoms with Crippen molar-refractivity contribution in [1.82, 2.24) is 10.7 Å². The van der Waals surface area contributed by atoms with Crippen molar-refractivity contribution in [1.29, 1.82) is 0 Å². The number of carbonyl (C=O) groups excluding carboxylic acids is 2. The molecule has 0 aliphatic heterocycles. The molecule has 152 valence electrons. The zero-order valence-electron chi connectivity index (χ0n) is 16.4. The zero-order valence-corrected chi connectivity index (χ0v) is 16.4. The summed E-state index contributed by atoms with van der Waals surface area (Å²) in [6.45, 7) is 0.183. The molecule has 4 rings (SSSR count). The molecule has 0 radical (unpaired) electrons. The standard InChI is InChI=1S/C24H23N3O3/c25-27-23(28)22(14-16-8-2-1-3-9-16)26-24(29)30-15-21-19-12-6-4-10-17(19)18-11-5-7-13-20(18)21/h1-13,21-22H,14-15,25H2,(H,26,29)(H,27,28)/t22-/m0/s1. The Kier molecular flexibility index (Phi) is 5.77. The van der Waals surface area contributed by atoms with Gasteiger partial charge in [-0.15, -0.1) is 0 Å². The maximum atomic E-state index is 12.5. The zero-order chi connectivity index (χ0) is 20.9. The van der Waals surface area contributed by atoms with E-state index in [1.807, 2.05) is 54.6 Å². The van der Waals surface area contributed by atoms with Gasteiger partial charge in [-0.25, -0.2) is 10.6 Å². The van der Waals surface area contributed by atoms with Crippen LogP contribution in [-0.4, -0.2) is 24.6 Å². The summed E-state index contributed by atoms with van der Waals surface area (Å²) in [7, 11) is 0. The number of amides is 2. The molecule has 0 heterocycles. The summed E-state index contributed by atoms with van der Waals surface area (Å²) in [6, 6.07) is 24.8. The van der Waals surface area contributed by atoms with Crippen LogP contribution in [0, 0.1) is 0 Å². The number of fused-ring (bicyclic) bond motifs is 3. The van der Waals surface area contributed by atoms with Crippen LogP contribution in [-0.2, 0) is 16.0 Å². The van der Waals surface area contributed by atoms with E-state index in [1.165, 1.54) is 0 Å². The first-order valence-electron chi connectivity index (χ1n) is 9.83. The van der Waals surface area contributed by atoms with Crippen molar-refractivity contribution in [2.24, 2.45) is 5.84 Å². The summed E-state index contributed by atoms with van der Waals surface area (Å²) in [6.07, 6.45) is -0.338. The summed E-state index contributed by atoms with van der Waals surface area (Å²) >= 11 is 0. The quantitative estimate of drug-likeness (QED) is 0.336. The maximum absolute atomic E-state index is 12.5. The smallest absolute Gasteiger partial charge is 0.407 e. The maximum Gasteiger partial charge on any atom is 0.407 e. The van der Waals surface area contributed by atoms with Gasteiger partial charge in [-0.1, -0.05) is 78.9 Å². The molecule has 0 unspecified atom stereocenters. The molecule has 0 spiro atoms. The Balaban J connectivity index is 1.44. The highest BCUT2D eigenvalue weighted by Gasteiger charge is 2.29. The van der Waals surface area contributed by atoms with Gasteiger partial charge in [-0.2, -0.15) is 0 Å². The van der Waals surface area contributed by atoms with Crippen LogP contribution in [0.4, 0.5) is 4.79 Å². The third kappa shape index (κ3) is 4.04. The minimum atomic E-state index is -0.826. The van der Waals surface area contributed by atoms with E-state index in [-0.39, 0.29) is 12.5 Å². The van der Waals surface area contributed by atoms with Crippen molar-refractivity contribution in [2.75, 3.05) is 6.61 Å². The van der Waals surface area contributed by atoms with E-state index >= 15 is 0 Å². The molecule has 1 atom stereocenters. The molecule has 0 fully saturated rings. The summed E-state index contributed by atoms with van der Waals surface area (Å²) in [4.78, 5) is 24.6. The first-order chi connectivity index (χ1) is 14.7. The molecule has 0 aromatic heterocycles. The third-order valence-electron chi connectivity index (χ3n) is 5.38. The van der Waals surface area contributed by atoms with Gasteiger partial charge in [0.1, 0.15) is 12.6 Å². The Hall–Kier alpha value is -3.64. The van der Waals surface area contributed by atoms with Crippen molar-refractivity contribution >= 4 is 12.0 Å². The van der Waals surface area contributed by atoms with E-state index in [2.05, 4.69) is 35.0 Å². The van der Waals surface area contributed by atoms with E-state index in [0.29, 0.717) is 6.42 Å². The van der Waals surface area contributed by atoms with E-state index in [1.54, 1.807) is 0 Å². The molecule has 2 amide bonds. The number of hydrogen-bond donors (Lipinski definition) is 3. The minimum absolute atomic E-state index is 0.0425. The number of ether oxygens (including phenoxy) is 1. The van der Waals surface area contributed by atoms with Gasteiger partial charge < -0.3 is 10.1 Å². The molecule has 3 aromatic carbocycles. The van der Waals surface area contributed by atoms with Crippen LogP contribution in [0.3, 0.4) is 0 Å². The molecule has 4 N–H and O–H groups in total. The van der Waals surface area contributed by atoms with Crippen molar-refractivity contribution in [3.63, 3.8) is 0 Å². The van der Waals surface area contributed by atoms with Gasteiger partial charge in [0.15, 0.2) is 0 Å². The molecule has 3 aromatic rings. The lowest BCUT2D eigenvalue weighted by molar-refractivity contribution is -0.123. The predicted octanol–water partition coefficient (Wildman–Crippen LogP) is 3.13. The lowest BCUT2D eigenvalue weighted by Gasteiger charge is -2.19. The second kappa shape index (κ2) is 8.80. The Morgan fingerprint density at radius 2 is 1.43 bits per heavy atom. The van der Waals surface area contributed by atoms with Crippen LogP contribution in [0.2, 0.25) is 0 Å². The van der Waals surface area contributed by atoms with Gasteiger partial charge in [0, 0.05) is 12.3 Å². The van der Waals surface area contributed by atoms with Gasteiger partial charge in [0.05, 0.1) is 0 Å². The fourth-order valence-corrected chi connectivity index (χ4v) is 3.94. The van der Waals surface area contributed by atoms with E-state index in [9.17, 15) is 9.59 Å². The summed E-state index contributed by atoms with van der Waals surface area (Å²) in [5.74, 6) is 4.77. The first-order valence-corrected chi connectivity index (χ1v) is 9.83. The molecule has 0 saturated carbocycles. The molecule has 6 nitrogen and oxygen atoms in total. The van der Waals surface area contributed by atoms with Crippen LogP contribution in [0.25, 0.3) is 11.1 Å². The Labute approximate surface area is 175 Å². The van der Waals surface area contributed by atoms with Gasteiger partial charge in [-0.05, 0) is 27.8 Å². The fourth-order valence-electron chi connectivity index (χ4n) is 3.94. The second-order valence-electron chi connectivity index (χ2n) is 7.22. The van der Waals surface area contributed by atoms with Crippen LogP contribution in [0.1, 0.15) is 22.6 Å². The third-order valence-corrected chi connectivity index (χ3v) is 5.38. The SMILES string of the molecule is NNC(=O)[C@H](Cc1ccccc1)NC(=O)OCC1c2ccccc2-c2ccccc21. The monoisotopic (exact) mass is 401 g/mol. The average Bonchev–Trinajstić information content (AvgIpc) is 3.11. The van der Waals surface area contributed by atoms with E-state index in [0.717, 1.165) is 27.8 Å². The number of rotatable bonds is 6. The van der Waals surface area contributed by atoms with Crippen molar-refractivity contribution in [3.8, 4) is 11.1 Å². The van der Waals surface area contributed by atoms with Gasteiger partial charge >= 0.3 is 6.09 Å². The van der Waals surface area contributed by atoms with Gasteiger partial charge in [-0.3, -0.25) is 10.2 Å². The highest BCUT2D eigenvalue weighted by Crippen LogP contribution is 2.44. The summed E-state index contributed by atoms with van der Waals surface area (Å²) in [5.41, 5.74) is 7.59. The lowest BCUT2D eigenvalue weighted by Crippen LogP contribution is -2.50. The molecule has 1 aliphatic carbocycles. The number of benzene rings is 3. The number of nitrogens with two attached hydrogens (primary N) is 1. The minimum Gasteiger partial charge on any atom is -0.449 e. The van der Waals surface area contributed by atoms with Crippen LogP contribution in [0.5, 0.6) is 0 Å². The molecule has 1 aliphatic rings. The van der Waals surface area contributed by atoms with Gasteiger partial charge in [0.25, 0.3) is 5.91 Å². The predicted molar refractivity (Wildman–Crippen MR) is 114 cm³/mol. The Morgan fingerprint density at radius 3 is 2.03 bits per heavy atom. The summed E-state index contributed by atoms with van der Waals surface area (Å²) in [5, 5.41) is 2.63. The second-order valence-corrected chi connectivity index (χ2v) is 7.22. The average molecular weight is 401 g/mol. The van der Waals surface area contributed by atoms with Crippen molar-refractivity contribution in [2.45, 2.75) is 18.4 Å². The van der Waals surface area contributed by atoms with Crippen LogP contribution in [0.15, 0.2) is 78.9 Å². The number of nitrogens with one attached hydrogen (secondary N) is 2. The van der Waals surface area contributed by atoms with Crippen molar-refractivity contribution in [3.05, 3.63) is 95.6 Å². The number of hydrogen-bond acceptors (Lipinski definition) is 4. The van der Waals surface area contributed by atoms with Crippen molar-refractivity contribution < 1.29 is 14.3 Å². The Morgan fingerprint density at radius 1 is 0.867 bits per heavy atom. The molecule has 0 bridgehead atoms. The van der Waals surface area contributed by atoms with Gasteiger partial charge in [0.2, 0.25) is 0 Å². The topological polar surface area (TPSA) is 93.5 Å². The largest absolute Gasteiger partial charge is 0.449 e. The lowest BCUT2D eigenvalue weighted by atomic mass is 9.98. The number of carbonyl (C=O) groups is 2. The highest BCUT2D eigenvalue weighted by atomic mass is 16.5. The molecular weight excluding hydrogens is 378 g/mol. The molecular formula is C24H23N3O3. The molecule has 30 heavy (non-hydrogen) atoms.